The second kappa shape index (κ2) is 9.79. The first-order chi connectivity index (χ1) is 17.1. The van der Waals surface area contributed by atoms with Gasteiger partial charge in [-0.3, -0.25) is 14.5 Å². The van der Waals surface area contributed by atoms with E-state index in [0.29, 0.717) is 33.2 Å². The summed E-state index contributed by atoms with van der Waals surface area (Å²) in [5.74, 6) is 1.81. The minimum absolute atomic E-state index is 0.0464. The van der Waals surface area contributed by atoms with Gasteiger partial charge in [0.2, 0.25) is 5.91 Å². The Balaban J connectivity index is 1.33. The van der Waals surface area contributed by atoms with Crippen molar-refractivity contribution in [2.24, 2.45) is 5.92 Å². The standard InChI is InChI=1S/C26H28N2O5S3/c1-16-3-5-18(6-4-16)12-23-25(30)28(26(34)35-23)14-24(29)27(19-9-10-36(31,32)15-19)13-20-7-8-22(33-20)21-11-17(21)2/h3-8,12,17,19,21H,9-11,13-15H2,1-2H3/b23-12-. The van der Waals surface area contributed by atoms with Crippen molar-refractivity contribution in [3.63, 3.8) is 0 Å². The van der Waals surface area contributed by atoms with Gasteiger partial charge >= 0.3 is 0 Å². The number of aryl methyl sites for hydroxylation is 1. The molecule has 190 valence electrons. The van der Waals surface area contributed by atoms with Gasteiger partial charge in [0.15, 0.2) is 9.84 Å². The Hall–Kier alpha value is -2.43. The zero-order valence-corrected chi connectivity index (χ0v) is 22.6. The normalized spacial score (nSPS) is 26.1. The van der Waals surface area contributed by atoms with Crippen molar-refractivity contribution in [2.45, 2.75) is 45.2 Å². The first kappa shape index (κ1) is 25.2. The largest absolute Gasteiger partial charge is 0.464 e. The Bertz CT molecular complexity index is 1350. The van der Waals surface area contributed by atoms with Crippen LogP contribution in [-0.2, 0) is 26.0 Å². The maximum absolute atomic E-state index is 13.5. The number of hydrogen-bond acceptors (Lipinski definition) is 7. The number of thiocarbonyl (C=S) groups is 1. The number of amides is 2. The van der Waals surface area contributed by atoms with Gasteiger partial charge in [-0.05, 0) is 49.5 Å². The summed E-state index contributed by atoms with van der Waals surface area (Å²) in [4.78, 5) is 29.9. The molecule has 3 atom stereocenters. The predicted octanol–water partition coefficient (Wildman–Crippen LogP) is 4.13. The third-order valence-electron chi connectivity index (χ3n) is 7.00. The van der Waals surface area contributed by atoms with Crippen LogP contribution >= 0.6 is 24.0 Å². The van der Waals surface area contributed by atoms with Crippen LogP contribution in [0, 0.1) is 12.8 Å². The molecular weight excluding hydrogens is 516 g/mol. The van der Waals surface area contributed by atoms with Crippen molar-refractivity contribution in [3.8, 4) is 0 Å². The summed E-state index contributed by atoms with van der Waals surface area (Å²) >= 11 is 6.60. The van der Waals surface area contributed by atoms with Crippen LogP contribution in [0.4, 0.5) is 0 Å². The topological polar surface area (TPSA) is 87.9 Å². The second-order valence-electron chi connectivity index (χ2n) is 9.88. The van der Waals surface area contributed by atoms with E-state index in [0.717, 1.165) is 23.3 Å². The van der Waals surface area contributed by atoms with E-state index in [2.05, 4.69) is 6.92 Å². The summed E-state index contributed by atoms with van der Waals surface area (Å²) in [6.45, 7) is 4.08. The Morgan fingerprint density at radius 1 is 1.25 bits per heavy atom. The number of carbonyl (C=O) groups is 2. The molecule has 5 rings (SSSR count). The number of benzene rings is 1. The molecule has 2 saturated heterocycles. The van der Waals surface area contributed by atoms with E-state index in [-0.39, 0.29) is 36.4 Å². The molecule has 2 aliphatic heterocycles. The van der Waals surface area contributed by atoms with Crippen LogP contribution in [0.5, 0.6) is 0 Å². The molecule has 36 heavy (non-hydrogen) atoms. The molecule has 3 heterocycles. The summed E-state index contributed by atoms with van der Waals surface area (Å²) in [5, 5.41) is 0. The van der Waals surface area contributed by atoms with Crippen LogP contribution in [0.1, 0.15) is 48.3 Å². The molecule has 0 N–H and O–H groups in total. The molecule has 3 aliphatic rings. The van der Waals surface area contributed by atoms with Crippen molar-refractivity contribution in [2.75, 3.05) is 18.1 Å². The van der Waals surface area contributed by atoms with Crippen molar-refractivity contribution >= 4 is 56.0 Å². The van der Waals surface area contributed by atoms with E-state index in [9.17, 15) is 18.0 Å². The summed E-state index contributed by atoms with van der Waals surface area (Å²) in [5.41, 5.74) is 2.00. The van der Waals surface area contributed by atoms with Crippen molar-refractivity contribution in [1.29, 1.82) is 0 Å². The van der Waals surface area contributed by atoms with Crippen LogP contribution in [0.25, 0.3) is 6.08 Å². The van der Waals surface area contributed by atoms with Gasteiger partial charge in [-0.2, -0.15) is 0 Å². The first-order valence-corrected chi connectivity index (χ1v) is 15.0. The van der Waals surface area contributed by atoms with Crippen molar-refractivity contribution in [1.82, 2.24) is 9.80 Å². The van der Waals surface area contributed by atoms with E-state index in [1.54, 1.807) is 11.0 Å². The average molecular weight is 545 g/mol. The van der Waals surface area contributed by atoms with Crippen LogP contribution in [0.15, 0.2) is 45.7 Å². The van der Waals surface area contributed by atoms with E-state index in [1.807, 2.05) is 43.3 Å². The molecule has 0 spiro atoms. The molecule has 2 amide bonds. The molecule has 1 aromatic carbocycles. The number of furan rings is 1. The van der Waals surface area contributed by atoms with Gasteiger partial charge in [-0.1, -0.05) is 60.7 Å². The van der Waals surface area contributed by atoms with Crippen LogP contribution in [0.3, 0.4) is 0 Å². The highest BCUT2D eigenvalue weighted by Crippen LogP contribution is 2.47. The fraction of sp³-hybridized carbons (Fsp3) is 0.423. The van der Waals surface area contributed by atoms with Crippen LogP contribution < -0.4 is 0 Å². The molecule has 1 aliphatic carbocycles. The Kier molecular flexibility index (Phi) is 6.86. The minimum atomic E-state index is -3.21. The van der Waals surface area contributed by atoms with E-state index < -0.39 is 15.9 Å². The Labute approximate surface area is 220 Å². The lowest BCUT2D eigenvalue weighted by Gasteiger charge is -2.29. The number of thioether (sulfide) groups is 1. The summed E-state index contributed by atoms with van der Waals surface area (Å²) < 4.78 is 30.7. The lowest BCUT2D eigenvalue weighted by atomic mass is 10.1. The molecule has 0 bridgehead atoms. The maximum atomic E-state index is 13.5. The molecule has 3 unspecified atom stereocenters. The number of rotatable bonds is 7. The van der Waals surface area contributed by atoms with Gasteiger partial charge in [-0.25, -0.2) is 8.42 Å². The highest BCUT2D eigenvalue weighted by Gasteiger charge is 2.40. The smallest absolute Gasteiger partial charge is 0.266 e. The molecular formula is C26H28N2O5S3. The highest BCUT2D eigenvalue weighted by molar-refractivity contribution is 8.26. The molecule has 2 aromatic rings. The monoisotopic (exact) mass is 544 g/mol. The summed E-state index contributed by atoms with van der Waals surface area (Å²) in [6.07, 6.45) is 3.22. The zero-order valence-electron chi connectivity index (χ0n) is 20.2. The molecule has 10 heteroatoms. The van der Waals surface area contributed by atoms with Gasteiger partial charge in [-0.15, -0.1) is 0 Å². The molecule has 3 fully saturated rings. The second-order valence-corrected chi connectivity index (χ2v) is 13.8. The van der Waals surface area contributed by atoms with Gasteiger partial charge < -0.3 is 9.32 Å². The van der Waals surface area contributed by atoms with Gasteiger partial charge in [0, 0.05) is 12.0 Å². The minimum Gasteiger partial charge on any atom is -0.464 e. The number of carbonyl (C=O) groups excluding carboxylic acids is 2. The predicted molar refractivity (Wildman–Crippen MR) is 144 cm³/mol. The van der Waals surface area contributed by atoms with Crippen molar-refractivity contribution in [3.05, 3.63) is 64.0 Å². The molecule has 7 nitrogen and oxygen atoms in total. The Morgan fingerprint density at radius 2 is 1.97 bits per heavy atom. The molecule has 1 saturated carbocycles. The fourth-order valence-electron chi connectivity index (χ4n) is 4.68. The van der Waals surface area contributed by atoms with Gasteiger partial charge in [0.05, 0.1) is 23.0 Å². The van der Waals surface area contributed by atoms with Crippen LogP contribution in [0.2, 0.25) is 0 Å². The summed E-state index contributed by atoms with van der Waals surface area (Å²) in [7, 11) is -3.21. The lowest BCUT2D eigenvalue weighted by Crippen LogP contribution is -2.46. The number of hydrogen-bond donors (Lipinski definition) is 0. The number of sulfone groups is 1. The molecule has 1 aromatic heterocycles. The maximum Gasteiger partial charge on any atom is 0.266 e. The van der Waals surface area contributed by atoms with Gasteiger partial charge in [0.25, 0.3) is 5.91 Å². The fourth-order valence-corrected chi connectivity index (χ4v) is 7.67. The first-order valence-electron chi connectivity index (χ1n) is 12.0. The average Bonchev–Trinajstić information content (AvgIpc) is 3.12. The van der Waals surface area contributed by atoms with Gasteiger partial charge in [0.1, 0.15) is 22.4 Å². The van der Waals surface area contributed by atoms with Crippen LogP contribution in [-0.4, -0.2) is 58.4 Å². The summed E-state index contributed by atoms with van der Waals surface area (Å²) in [6, 6.07) is 11.1. The van der Waals surface area contributed by atoms with Crippen molar-refractivity contribution < 1.29 is 22.4 Å². The SMILES string of the molecule is Cc1ccc(/C=C2\SC(=S)N(CC(=O)N(Cc3ccc(C4CC4C)o3)C3CCS(=O)(=O)C3)C2=O)cc1. The molecule has 0 radical (unpaired) electrons. The van der Waals surface area contributed by atoms with E-state index in [4.69, 9.17) is 16.6 Å². The highest BCUT2D eigenvalue weighted by atomic mass is 32.2. The quantitative estimate of drug-likeness (QED) is 0.383. The Morgan fingerprint density at radius 3 is 2.61 bits per heavy atom. The zero-order chi connectivity index (χ0) is 25.6. The van der Waals surface area contributed by atoms with E-state index in [1.165, 1.54) is 16.7 Å². The third-order valence-corrected chi connectivity index (χ3v) is 10.1. The lowest BCUT2D eigenvalue weighted by molar-refractivity contribution is -0.137. The van der Waals surface area contributed by atoms with E-state index >= 15 is 0 Å². The third kappa shape index (κ3) is 5.45. The number of nitrogens with zero attached hydrogens (tertiary/aromatic N) is 2.